The molecule has 0 amide bonds. The van der Waals surface area contributed by atoms with Crippen LogP contribution < -0.4 is 23.7 Å². The highest BCUT2D eigenvalue weighted by Gasteiger charge is 2.40. The normalized spacial score (nSPS) is 22.0. The number of hydroxylamine groups is 3. The van der Waals surface area contributed by atoms with Gasteiger partial charge in [-0.1, -0.05) is 18.2 Å². The zero-order valence-electron chi connectivity index (χ0n) is 27.0. The first kappa shape index (κ1) is 30.2. The summed E-state index contributed by atoms with van der Waals surface area (Å²) in [7, 11) is 8.77. The van der Waals surface area contributed by atoms with Crippen molar-refractivity contribution in [2.24, 2.45) is 0 Å². The van der Waals surface area contributed by atoms with Gasteiger partial charge in [0.1, 0.15) is 18.3 Å². The maximum atomic E-state index is 11.7. The number of phenolic OH excluding ortho intramolecular Hbond substituents is 1. The molecule has 4 aromatic rings. The van der Waals surface area contributed by atoms with Gasteiger partial charge in [-0.25, -0.2) is 5.21 Å². The SMILES string of the molecule is COc1ccc2cc1Oc1ccc(cc1)C[C@H]1c3cc(c(OC)cc3CC[N@+]1(C)O)Oc1c(O)c(OC)cc3c1[C@H](C2)N(C)CC3. The standard InChI is InChI=1S/C37H40N2O7/c1-38-14-12-25-20-34(44-5)36(40)37-35(25)28(38)16-23-8-11-30(42-3)32(18-23)45-26-9-6-22(7-10-26)17-29-27-21-33(46-37)31(43-4)19-24(27)13-15-39(29,2)41/h6-11,18-21,28-29,41H,12-17H2,1-5H3/p+1/t28-,29-,39-/m0/s1. The second-order valence-corrected chi connectivity index (χ2v) is 12.7. The second kappa shape index (κ2) is 11.7. The van der Waals surface area contributed by atoms with Crippen molar-refractivity contribution < 1.29 is 38.6 Å². The number of methoxy groups -OCH3 is 3. The summed E-state index contributed by atoms with van der Waals surface area (Å²) in [5.41, 5.74) is 6.16. The Hall–Kier alpha value is -4.44. The number of nitrogens with zero attached hydrogens (tertiary/aromatic N) is 2. The minimum Gasteiger partial charge on any atom is -0.502 e. The van der Waals surface area contributed by atoms with Gasteiger partial charge in [0.2, 0.25) is 5.75 Å². The van der Waals surface area contributed by atoms with Crippen LogP contribution in [0.5, 0.6) is 46.0 Å². The van der Waals surface area contributed by atoms with Gasteiger partial charge in [0.05, 0.1) is 28.4 Å². The number of rotatable bonds is 3. The summed E-state index contributed by atoms with van der Waals surface area (Å²) >= 11 is 0. The van der Waals surface area contributed by atoms with Crippen LogP contribution in [0.3, 0.4) is 0 Å². The van der Waals surface area contributed by atoms with E-state index < -0.39 is 0 Å². The zero-order chi connectivity index (χ0) is 32.2. The van der Waals surface area contributed by atoms with Crippen LogP contribution in [-0.4, -0.2) is 68.4 Å². The monoisotopic (exact) mass is 625 g/mol. The molecule has 0 aliphatic carbocycles. The number of ether oxygens (including phenoxy) is 5. The van der Waals surface area contributed by atoms with E-state index in [1.54, 1.807) is 21.3 Å². The number of aromatic hydroxyl groups is 1. The molecule has 9 nitrogen and oxygen atoms in total. The summed E-state index contributed by atoms with van der Waals surface area (Å²) in [4.78, 5) is 2.29. The first-order valence-electron chi connectivity index (χ1n) is 15.7. The molecule has 3 atom stereocenters. The average Bonchev–Trinajstić information content (AvgIpc) is 3.05. The quantitative estimate of drug-likeness (QED) is 0.242. The van der Waals surface area contributed by atoms with Crippen molar-refractivity contribution >= 4 is 0 Å². The zero-order valence-corrected chi connectivity index (χ0v) is 27.0. The molecular formula is C37H41N2O7+. The highest BCUT2D eigenvalue weighted by Crippen LogP contribution is 2.51. The van der Waals surface area contributed by atoms with Crippen LogP contribution in [0.4, 0.5) is 0 Å². The number of hydrogen-bond donors (Lipinski definition) is 2. The highest BCUT2D eigenvalue weighted by molar-refractivity contribution is 5.63. The van der Waals surface area contributed by atoms with Crippen LogP contribution in [0.15, 0.2) is 60.7 Å². The Kier molecular flexibility index (Phi) is 7.71. The Morgan fingerprint density at radius 1 is 0.783 bits per heavy atom. The molecule has 8 rings (SSSR count). The molecule has 4 aromatic carbocycles. The third-order valence-electron chi connectivity index (χ3n) is 9.90. The minimum atomic E-state index is -0.258. The number of hydrogen-bond acceptors (Lipinski definition) is 8. The first-order chi connectivity index (χ1) is 22.2. The third-order valence-corrected chi connectivity index (χ3v) is 9.90. The summed E-state index contributed by atoms with van der Waals surface area (Å²) in [6, 6.07) is 19.6. The summed E-state index contributed by atoms with van der Waals surface area (Å²) in [5.74, 6) is 3.65. The van der Waals surface area contributed by atoms with Crippen molar-refractivity contribution in [2.75, 3.05) is 48.5 Å². The van der Waals surface area contributed by atoms with Crippen LogP contribution in [0.25, 0.3) is 0 Å². The van der Waals surface area contributed by atoms with Gasteiger partial charge in [0.25, 0.3) is 0 Å². The van der Waals surface area contributed by atoms with Crippen LogP contribution in [0.2, 0.25) is 0 Å². The fraction of sp³-hybridized carbons (Fsp3) is 0.351. The van der Waals surface area contributed by atoms with Crippen molar-refractivity contribution in [2.45, 2.75) is 37.8 Å². The minimum absolute atomic E-state index is 0.0617. The van der Waals surface area contributed by atoms with Crippen LogP contribution in [-0.2, 0) is 25.7 Å². The predicted octanol–water partition coefficient (Wildman–Crippen LogP) is 6.76. The molecule has 46 heavy (non-hydrogen) atoms. The molecule has 6 bridgehead atoms. The molecule has 0 spiro atoms. The van der Waals surface area contributed by atoms with Gasteiger partial charge >= 0.3 is 0 Å². The van der Waals surface area contributed by atoms with Crippen molar-refractivity contribution in [3.05, 3.63) is 94.0 Å². The van der Waals surface area contributed by atoms with E-state index in [1.165, 1.54) is 0 Å². The molecule has 0 radical (unpaired) electrons. The van der Waals surface area contributed by atoms with Crippen LogP contribution in [0.1, 0.15) is 45.5 Å². The number of likely N-dealkylation sites (N-methyl/N-ethyl adjacent to an activating group) is 2. The molecule has 0 saturated carbocycles. The lowest BCUT2D eigenvalue weighted by Crippen LogP contribution is -2.49. The third kappa shape index (κ3) is 5.28. The lowest BCUT2D eigenvalue weighted by Gasteiger charge is -2.39. The van der Waals surface area contributed by atoms with E-state index in [2.05, 4.69) is 18.0 Å². The maximum absolute atomic E-state index is 11.7. The highest BCUT2D eigenvalue weighted by atomic mass is 16.5. The molecule has 0 aromatic heterocycles. The van der Waals surface area contributed by atoms with Gasteiger partial charge in [-0.2, -0.15) is 4.65 Å². The van der Waals surface area contributed by atoms with Gasteiger partial charge in [-0.05, 0) is 84.6 Å². The van der Waals surface area contributed by atoms with Crippen molar-refractivity contribution in [1.29, 1.82) is 0 Å². The van der Waals surface area contributed by atoms with Gasteiger partial charge in [0, 0.05) is 36.6 Å². The molecule has 0 unspecified atom stereocenters. The molecule has 4 heterocycles. The number of quaternary nitrogens is 1. The van der Waals surface area contributed by atoms with E-state index in [-0.39, 0.29) is 22.5 Å². The number of phenols is 1. The molecule has 4 aliphatic rings. The Morgan fingerprint density at radius 3 is 2.22 bits per heavy atom. The van der Waals surface area contributed by atoms with E-state index in [9.17, 15) is 10.3 Å². The van der Waals surface area contributed by atoms with Crippen LogP contribution in [0, 0.1) is 0 Å². The smallest absolute Gasteiger partial charge is 0.201 e. The second-order valence-electron chi connectivity index (χ2n) is 12.7. The van der Waals surface area contributed by atoms with Gasteiger partial charge in [-0.15, -0.1) is 0 Å². The largest absolute Gasteiger partial charge is 0.502 e. The molecule has 2 N–H and O–H groups in total. The summed E-state index contributed by atoms with van der Waals surface area (Å²) in [5, 5.41) is 23.3. The lowest BCUT2D eigenvalue weighted by atomic mass is 9.87. The number of benzene rings is 4. The fourth-order valence-corrected chi connectivity index (χ4v) is 7.25. The van der Waals surface area contributed by atoms with E-state index in [4.69, 9.17) is 23.7 Å². The van der Waals surface area contributed by atoms with Gasteiger partial charge in [0.15, 0.2) is 34.5 Å². The maximum Gasteiger partial charge on any atom is 0.201 e. The molecule has 9 heteroatoms. The molecule has 0 fully saturated rings. The topological polar surface area (TPSA) is 89.9 Å². The number of fused-ring (bicyclic) bond motifs is 2. The van der Waals surface area contributed by atoms with Gasteiger partial charge in [-0.3, -0.25) is 4.90 Å². The Morgan fingerprint density at radius 2 is 1.48 bits per heavy atom. The van der Waals surface area contributed by atoms with E-state index in [0.29, 0.717) is 66.1 Å². The average molecular weight is 626 g/mol. The summed E-state index contributed by atoms with van der Waals surface area (Å²) in [6.45, 7) is 1.39. The van der Waals surface area contributed by atoms with Gasteiger partial charge < -0.3 is 28.8 Å². The Balaban J connectivity index is 1.47. The van der Waals surface area contributed by atoms with Crippen LogP contribution >= 0.6 is 0 Å². The molecule has 240 valence electrons. The first-order valence-corrected chi connectivity index (χ1v) is 15.7. The molecular weight excluding hydrogens is 584 g/mol. The van der Waals surface area contributed by atoms with E-state index in [0.717, 1.165) is 46.3 Å². The van der Waals surface area contributed by atoms with E-state index in [1.807, 2.05) is 61.6 Å². The Labute approximate surface area is 269 Å². The Bertz CT molecular complexity index is 1790. The predicted molar refractivity (Wildman–Crippen MR) is 173 cm³/mol. The van der Waals surface area contributed by atoms with E-state index >= 15 is 0 Å². The summed E-state index contributed by atoms with van der Waals surface area (Å²) < 4.78 is 30.2. The van der Waals surface area contributed by atoms with Crippen molar-refractivity contribution in [3.8, 4) is 46.0 Å². The molecule has 4 aliphatic heterocycles. The summed E-state index contributed by atoms with van der Waals surface area (Å²) in [6.07, 6.45) is 2.69. The van der Waals surface area contributed by atoms with Crippen molar-refractivity contribution in [3.63, 3.8) is 0 Å². The molecule has 0 saturated heterocycles. The fourth-order valence-electron chi connectivity index (χ4n) is 7.25. The lowest BCUT2D eigenvalue weighted by molar-refractivity contribution is -1.11. The van der Waals surface area contributed by atoms with Crippen molar-refractivity contribution in [1.82, 2.24) is 4.90 Å².